The number of esters is 1. The van der Waals surface area contributed by atoms with Crippen LogP contribution in [0.5, 0.6) is 0 Å². The average molecular weight is 275 g/mol. The molecule has 1 aliphatic rings. The predicted molar refractivity (Wildman–Crippen MR) is 81.0 cm³/mol. The van der Waals surface area contributed by atoms with Gasteiger partial charge in [0.1, 0.15) is 0 Å². The number of ether oxygens (including phenoxy) is 1. The molecule has 0 saturated carbocycles. The third-order valence-corrected chi connectivity index (χ3v) is 4.27. The highest BCUT2D eigenvalue weighted by Gasteiger charge is 2.20. The second kappa shape index (κ2) is 6.89. The van der Waals surface area contributed by atoms with Gasteiger partial charge in [-0.15, -0.1) is 0 Å². The van der Waals surface area contributed by atoms with E-state index in [4.69, 9.17) is 4.74 Å². The predicted octanol–water partition coefficient (Wildman–Crippen LogP) is 3.16. The van der Waals surface area contributed by atoms with Gasteiger partial charge in [-0.1, -0.05) is 24.3 Å². The molecule has 3 heteroatoms. The van der Waals surface area contributed by atoms with E-state index in [-0.39, 0.29) is 11.9 Å². The van der Waals surface area contributed by atoms with Gasteiger partial charge in [0.05, 0.1) is 12.5 Å². The molecule has 3 nitrogen and oxygen atoms in total. The first-order chi connectivity index (χ1) is 9.61. The van der Waals surface area contributed by atoms with Gasteiger partial charge in [-0.25, -0.2) is 0 Å². The zero-order chi connectivity index (χ0) is 14.5. The van der Waals surface area contributed by atoms with Gasteiger partial charge in [-0.3, -0.25) is 4.79 Å². The average Bonchev–Trinajstić information content (AvgIpc) is 2.48. The standard InChI is InChI=1S/C17H25NO2/c1-4-20-17(19)13(2)14-5-7-15(8-6-14)16-9-11-18(3)12-10-16/h5-8,13,16H,4,9-12H2,1-3H3. The minimum atomic E-state index is -0.179. The van der Waals surface area contributed by atoms with Crippen molar-refractivity contribution in [3.8, 4) is 0 Å². The summed E-state index contributed by atoms with van der Waals surface area (Å²) in [5.74, 6) is 0.346. The maximum Gasteiger partial charge on any atom is 0.313 e. The van der Waals surface area contributed by atoms with Crippen LogP contribution in [0.2, 0.25) is 0 Å². The van der Waals surface area contributed by atoms with Crippen LogP contribution in [0.25, 0.3) is 0 Å². The van der Waals surface area contributed by atoms with Crippen molar-refractivity contribution in [2.45, 2.75) is 38.5 Å². The van der Waals surface area contributed by atoms with Gasteiger partial charge >= 0.3 is 5.97 Å². The monoisotopic (exact) mass is 275 g/mol. The first-order valence-corrected chi connectivity index (χ1v) is 7.56. The molecule has 1 aromatic carbocycles. The largest absolute Gasteiger partial charge is 0.466 e. The summed E-state index contributed by atoms with van der Waals surface area (Å²) in [4.78, 5) is 14.1. The molecule has 1 heterocycles. The van der Waals surface area contributed by atoms with Crippen LogP contribution in [0.1, 0.15) is 49.7 Å². The fraction of sp³-hybridized carbons (Fsp3) is 0.588. The van der Waals surface area contributed by atoms with Crippen LogP contribution in [0, 0.1) is 0 Å². The molecule has 1 atom stereocenters. The zero-order valence-corrected chi connectivity index (χ0v) is 12.8. The molecule has 1 saturated heterocycles. The van der Waals surface area contributed by atoms with Crippen LogP contribution in [0.3, 0.4) is 0 Å². The van der Waals surface area contributed by atoms with E-state index in [0.717, 1.165) is 5.56 Å². The molecule has 1 aliphatic heterocycles. The Labute approximate surface area is 121 Å². The summed E-state index contributed by atoms with van der Waals surface area (Å²) in [6, 6.07) is 8.52. The lowest BCUT2D eigenvalue weighted by molar-refractivity contribution is -0.144. The molecule has 0 radical (unpaired) electrons. The quantitative estimate of drug-likeness (QED) is 0.791. The van der Waals surface area contributed by atoms with Gasteiger partial charge in [0.2, 0.25) is 0 Å². The van der Waals surface area contributed by atoms with Gasteiger partial charge < -0.3 is 9.64 Å². The van der Waals surface area contributed by atoms with E-state index in [1.54, 1.807) is 0 Å². The summed E-state index contributed by atoms with van der Waals surface area (Å²) >= 11 is 0. The fourth-order valence-corrected chi connectivity index (χ4v) is 2.80. The Morgan fingerprint density at radius 1 is 1.30 bits per heavy atom. The van der Waals surface area contributed by atoms with Gasteiger partial charge in [0.15, 0.2) is 0 Å². The molecule has 0 aromatic heterocycles. The molecule has 0 amide bonds. The Hall–Kier alpha value is -1.35. The van der Waals surface area contributed by atoms with Gasteiger partial charge in [-0.2, -0.15) is 0 Å². The molecule has 0 bridgehead atoms. The fourth-order valence-electron chi connectivity index (χ4n) is 2.80. The molecule has 1 fully saturated rings. The number of carbonyl (C=O) groups excluding carboxylic acids is 1. The molecule has 0 aliphatic carbocycles. The molecule has 1 unspecified atom stereocenters. The number of benzene rings is 1. The highest BCUT2D eigenvalue weighted by Crippen LogP contribution is 2.28. The third kappa shape index (κ3) is 3.60. The van der Waals surface area contributed by atoms with Crippen LogP contribution in [-0.4, -0.2) is 37.6 Å². The van der Waals surface area contributed by atoms with Crippen molar-refractivity contribution in [1.29, 1.82) is 0 Å². The number of rotatable bonds is 4. The highest BCUT2D eigenvalue weighted by atomic mass is 16.5. The molecule has 110 valence electrons. The van der Waals surface area contributed by atoms with E-state index in [1.165, 1.54) is 31.5 Å². The summed E-state index contributed by atoms with van der Waals surface area (Å²) < 4.78 is 5.07. The number of nitrogens with zero attached hydrogens (tertiary/aromatic N) is 1. The van der Waals surface area contributed by atoms with Crippen LogP contribution in [-0.2, 0) is 9.53 Å². The first-order valence-electron chi connectivity index (χ1n) is 7.56. The summed E-state index contributed by atoms with van der Waals surface area (Å²) in [6.45, 7) is 6.53. The Balaban J connectivity index is 2.01. The normalized spacial score (nSPS) is 18.8. The smallest absolute Gasteiger partial charge is 0.313 e. The Morgan fingerprint density at radius 3 is 2.45 bits per heavy atom. The van der Waals surface area contributed by atoms with Crippen molar-refractivity contribution in [3.05, 3.63) is 35.4 Å². The second-order valence-electron chi connectivity index (χ2n) is 5.72. The van der Waals surface area contributed by atoms with Gasteiger partial charge in [0, 0.05) is 0 Å². The number of hydrogen-bond acceptors (Lipinski definition) is 3. The van der Waals surface area contributed by atoms with E-state index in [0.29, 0.717) is 12.5 Å². The third-order valence-electron chi connectivity index (χ3n) is 4.27. The Morgan fingerprint density at radius 2 is 1.90 bits per heavy atom. The van der Waals surface area contributed by atoms with E-state index in [9.17, 15) is 4.79 Å². The molecular weight excluding hydrogens is 250 g/mol. The van der Waals surface area contributed by atoms with Crippen molar-refractivity contribution < 1.29 is 9.53 Å². The van der Waals surface area contributed by atoms with Gasteiger partial charge in [0.25, 0.3) is 0 Å². The van der Waals surface area contributed by atoms with Crippen molar-refractivity contribution >= 4 is 5.97 Å². The van der Waals surface area contributed by atoms with Crippen molar-refractivity contribution in [3.63, 3.8) is 0 Å². The van der Waals surface area contributed by atoms with Crippen LogP contribution >= 0.6 is 0 Å². The lowest BCUT2D eigenvalue weighted by Crippen LogP contribution is -2.29. The summed E-state index contributed by atoms with van der Waals surface area (Å²) in [5.41, 5.74) is 2.44. The summed E-state index contributed by atoms with van der Waals surface area (Å²) in [5, 5.41) is 0. The summed E-state index contributed by atoms with van der Waals surface area (Å²) in [7, 11) is 2.18. The number of carbonyl (C=O) groups is 1. The Bertz CT molecular complexity index is 433. The van der Waals surface area contributed by atoms with Crippen molar-refractivity contribution in [2.24, 2.45) is 0 Å². The van der Waals surface area contributed by atoms with Crippen LogP contribution < -0.4 is 0 Å². The second-order valence-corrected chi connectivity index (χ2v) is 5.72. The maximum atomic E-state index is 11.7. The molecule has 2 rings (SSSR count). The van der Waals surface area contributed by atoms with E-state index >= 15 is 0 Å². The SMILES string of the molecule is CCOC(=O)C(C)c1ccc(C2CCN(C)CC2)cc1. The van der Waals surface area contributed by atoms with Gasteiger partial charge in [-0.05, 0) is 63.9 Å². The number of likely N-dealkylation sites (tertiary alicyclic amines) is 1. The minimum absolute atomic E-state index is 0.139. The van der Waals surface area contributed by atoms with Crippen molar-refractivity contribution in [1.82, 2.24) is 4.90 Å². The minimum Gasteiger partial charge on any atom is -0.466 e. The van der Waals surface area contributed by atoms with E-state index < -0.39 is 0 Å². The topological polar surface area (TPSA) is 29.5 Å². The van der Waals surface area contributed by atoms with E-state index in [2.05, 4.69) is 36.2 Å². The zero-order valence-electron chi connectivity index (χ0n) is 12.8. The molecule has 20 heavy (non-hydrogen) atoms. The molecule has 0 spiro atoms. The lowest BCUT2D eigenvalue weighted by Gasteiger charge is -2.29. The summed E-state index contributed by atoms with van der Waals surface area (Å²) in [6.07, 6.45) is 2.45. The van der Waals surface area contributed by atoms with Crippen LogP contribution in [0.4, 0.5) is 0 Å². The first kappa shape index (κ1) is 15.0. The highest BCUT2D eigenvalue weighted by molar-refractivity contribution is 5.77. The number of piperidine rings is 1. The lowest BCUT2D eigenvalue weighted by atomic mass is 9.88. The molecule has 1 aromatic rings. The maximum absolute atomic E-state index is 11.7. The Kier molecular flexibility index (Phi) is 5.18. The van der Waals surface area contributed by atoms with Crippen molar-refractivity contribution in [2.75, 3.05) is 26.7 Å². The van der Waals surface area contributed by atoms with E-state index in [1.807, 2.05) is 13.8 Å². The molecule has 0 N–H and O–H groups in total. The molecular formula is C17H25NO2. The van der Waals surface area contributed by atoms with Crippen LogP contribution in [0.15, 0.2) is 24.3 Å². The number of hydrogen-bond donors (Lipinski definition) is 0.